The maximum Gasteiger partial charge on any atom is 0.253 e. The number of guanidine groups is 1. The molecule has 0 aliphatic rings. The minimum absolute atomic E-state index is 0. The standard InChI is InChI=1S/C15H24N4O.HI/c1-15(2,3)18-14(16)17-10-11-6-8-12(9-7-11)13(20)19(4)5;/h6-9H,10H2,1-5H3,(H3,16,17,18);1H. The van der Waals surface area contributed by atoms with Crippen LogP contribution in [0.1, 0.15) is 36.7 Å². The quantitative estimate of drug-likeness (QED) is 0.461. The van der Waals surface area contributed by atoms with E-state index in [1.54, 1.807) is 31.1 Å². The predicted octanol–water partition coefficient (Wildman–Crippen LogP) is 2.21. The number of halogens is 1. The topological polar surface area (TPSA) is 70.7 Å². The second-order valence-corrected chi connectivity index (χ2v) is 5.97. The van der Waals surface area contributed by atoms with Crippen molar-refractivity contribution in [2.45, 2.75) is 32.9 Å². The third-order valence-corrected chi connectivity index (χ3v) is 2.54. The number of nitrogens with one attached hydrogen (secondary N) is 1. The number of benzene rings is 1. The van der Waals surface area contributed by atoms with Crippen molar-refractivity contribution in [1.82, 2.24) is 10.2 Å². The molecule has 0 aliphatic heterocycles. The van der Waals surface area contributed by atoms with Crippen LogP contribution in [0, 0.1) is 0 Å². The van der Waals surface area contributed by atoms with E-state index in [1.165, 1.54) is 0 Å². The highest BCUT2D eigenvalue weighted by atomic mass is 127. The smallest absolute Gasteiger partial charge is 0.253 e. The van der Waals surface area contributed by atoms with Crippen LogP contribution in [0.15, 0.2) is 29.3 Å². The number of carbonyl (C=O) groups is 1. The lowest BCUT2D eigenvalue weighted by Crippen LogP contribution is -2.44. The van der Waals surface area contributed by atoms with E-state index in [0.717, 1.165) is 5.56 Å². The highest BCUT2D eigenvalue weighted by molar-refractivity contribution is 14.0. The summed E-state index contributed by atoms with van der Waals surface area (Å²) >= 11 is 0. The van der Waals surface area contributed by atoms with Gasteiger partial charge in [-0.25, -0.2) is 4.99 Å². The van der Waals surface area contributed by atoms with Crippen molar-refractivity contribution < 1.29 is 4.79 Å². The van der Waals surface area contributed by atoms with Gasteiger partial charge in [-0.2, -0.15) is 0 Å². The lowest BCUT2D eigenvalue weighted by Gasteiger charge is -2.21. The fourth-order valence-electron chi connectivity index (χ4n) is 1.61. The van der Waals surface area contributed by atoms with E-state index in [1.807, 2.05) is 32.9 Å². The number of carbonyl (C=O) groups excluding carboxylic acids is 1. The van der Waals surface area contributed by atoms with Crippen LogP contribution in [-0.4, -0.2) is 36.4 Å². The molecule has 1 rings (SSSR count). The number of hydrogen-bond donors (Lipinski definition) is 2. The first-order valence-electron chi connectivity index (χ1n) is 6.58. The fraction of sp³-hybridized carbons (Fsp3) is 0.467. The summed E-state index contributed by atoms with van der Waals surface area (Å²) in [5.41, 5.74) is 7.38. The second kappa shape index (κ2) is 8.21. The molecule has 3 N–H and O–H groups in total. The van der Waals surface area contributed by atoms with Crippen molar-refractivity contribution in [2.75, 3.05) is 14.1 Å². The minimum Gasteiger partial charge on any atom is -0.370 e. The number of rotatable bonds is 3. The van der Waals surface area contributed by atoms with Gasteiger partial charge in [0.15, 0.2) is 5.96 Å². The molecule has 0 aliphatic carbocycles. The summed E-state index contributed by atoms with van der Waals surface area (Å²) in [6, 6.07) is 7.40. The van der Waals surface area contributed by atoms with Crippen LogP contribution in [0.3, 0.4) is 0 Å². The molecular formula is C15H25IN4O. The first-order valence-corrected chi connectivity index (χ1v) is 6.58. The van der Waals surface area contributed by atoms with Gasteiger partial charge in [-0.3, -0.25) is 4.79 Å². The molecular weight excluding hydrogens is 379 g/mol. The van der Waals surface area contributed by atoms with Crippen LogP contribution in [0.4, 0.5) is 0 Å². The van der Waals surface area contributed by atoms with Gasteiger partial charge >= 0.3 is 0 Å². The Balaban J connectivity index is 0.00000400. The van der Waals surface area contributed by atoms with Gasteiger partial charge in [0.05, 0.1) is 6.54 Å². The van der Waals surface area contributed by atoms with E-state index >= 15 is 0 Å². The summed E-state index contributed by atoms with van der Waals surface area (Å²) in [6.45, 7) is 6.57. The van der Waals surface area contributed by atoms with Crippen molar-refractivity contribution >= 4 is 35.8 Å². The molecule has 0 fully saturated rings. The van der Waals surface area contributed by atoms with E-state index < -0.39 is 0 Å². The summed E-state index contributed by atoms with van der Waals surface area (Å²) in [5.74, 6) is 0.417. The molecule has 118 valence electrons. The van der Waals surface area contributed by atoms with Crippen LogP contribution in [0.5, 0.6) is 0 Å². The lowest BCUT2D eigenvalue weighted by atomic mass is 10.1. The summed E-state index contributed by atoms with van der Waals surface area (Å²) in [4.78, 5) is 17.6. The van der Waals surface area contributed by atoms with E-state index in [2.05, 4.69) is 10.3 Å². The zero-order valence-electron chi connectivity index (χ0n) is 13.3. The molecule has 5 nitrogen and oxygen atoms in total. The van der Waals surface area contributed by atoms with Gasteiger partial charge in [-0.05, 0) is 38.5 Å². The van der Waals surface area contributed by atoms with Crippen LogP contribution in [0.25, 0.3) is 0 Å². The molecule has 0 unspecified atom stereocenters. The van der Waals surface area contributed by atoms with Crippen LogP contribution >= 0.6 is 24.0 Å². The van der Waals surface area contributed by atoms with Gasteiger partial charge in [0.25, 0.3) is 5.91 Å². The summed E-state index contributed by atoms with van der Waals surface area (Å²) < 4.78 is 0. The largest absolute Gasteiger partial charge is 0.370 e. The van der Waals surface area contributed by atoms with Gasteiger partial charge < -0.3 is 16.0 Å². The summed E-state index contributed by atoms with van der Waals surface area (Å²) in [6.07, 6.45) is 0. The molecule has 6 heteroatoms. The molecule has 0 spiro atoms. The van der Waals surface area contributed by atoms with Crippen LogP contribution in [0.2, 0.25) is 0 Å². The van der Waals surface area contributed by atoms with Gasteiger partial charge in [0.1, 0.15) is 0 Å². The maximum atomic E-state index is 11.7. The maximum absolute atomic E-state index is 11.7. The van der Waals surface area contributed by atoms with Crippen LogP contribution in [-0.2, 0) is 6.54 Å². The van der Waals surface area contributed by atoms with E-state index in [0.29, 0.717) is 18.1 Å². The van der Waals surface area contributed by atoms with Crippen molar-refractivity contribution in [3.05, 3.63) is 35.4 Å². The summed E-state index contributed by atoms with van der Waals surface area (Å²) in [5, 5.41) is 3.10. The monoisotopic (exact) mass is 404 g/mol. The molecule has 0 saturated heterocycles. The average molecular weight is 404 g/mol. The molecule has 21 heavy (non-hydrogen) atoms. The van der Waals surface area contributed by atoms with Gasteiger partial charge in [-0.1, -0.05) is 12.1 Å². The molecule has 0 aromatic heterocycles. The minimum atomic E-state index is -0.102. The van der Waals surface area contributed by atoms with E-state index in [-0.39, 0.29) is 35.4 Å². The van der Waals surface area contributed by atoms with Gasteiger partial charge in [0.2, 0.25) is 0 Å². The molecule has 1 amide bonds. The molecule has 0 saturated carbocycles. The number of nitrogens with zero attached hydrogens (tertiary/aromatic N) is 2. The molecule has 0 radical (unpaired) electrons. The Bertz CT molecular complexity index is 489. The third kappa shape index (κ3) is 7.31. The molecule has 1 aromatic rings. The highest BCUT2D eigenvalue weighted by Crippen LogP contribution is 2.07. The van der Waals surface area contributed by atoms with Crippen molar-refractivity contribution in [2.24, 2.45) is 10.7 Å². The van der Waals surface area contributed by atoms with E-state index in [4.69, 9.17) is 5.73 Å². The second-order valence-electron chi connectivity index (χ2n) is 5.97. The van der Waals surface area contributed by atoms with Gasteiger partial charge in [0, 0.05) is 25.2 Å². The zero-order valence-corrected chi connectivity index (χ0v) is 15.6. The fourth-order valence-corrected chi connectivity index (χ4v) is 1.61. The third-order valence-electron chi connectivity index (χ3n) is 2.54. The first-order chi connectivity index (χ1) is 9.19. The van der Waals surface area contributed by atoms with Crippen molar-refractivity contribution in [3.63, 3.8) is 0 Å². The van der Waals surface area contributed by atoms with E-state index in [9.17, 15) is 4.79 Å². The molecule has 0 heterocycles. The number of amides is 1. The highest BCUT2D eigenvalue weighted by Gasteiger charge is 2.10. The molecule has 0 atom stereocenters. The Hall–Kier alpha value is -1.31. The molecule has 0 bridgehead atoms. The zero-order chi connectivity index (χ0) is 15.3. The molecule has 1 aromatic carbocycles. The Morgan fingerprint density at radius 1 is 1.24 bits per heavy atom. The van der Waals surface area contributed by atoms with Crippen molar-refractivity contribution in [3.8, 4) is 0 Å². The number of nitrogens with two attached hydrogens (primary N) is 1. The Morgan fingerprint density at radius 3 is 2.19 bits per heavy atom. The van der Waals surface area contributed by atoms with Gasteiger partial charge in [-0.15, -0.1) is 24.0 Å². The number of hydrogen-bond acceptors (Lipinski definition) is 2. The summed E-state index contributed by atoms with van der Waals surface area (Å²) in [7, 11) is 3.47. The SMILES string of the molecule is CN(C)C(=O)c1ccc(CN=C(N)NC(C)(C)C)cc1.I. The normalized spacial score (nSPS) is 11.6. The lowest BCUT2D eigenvalue weighted by molar-refractivity contribution is 0.0827. The Morgan fingerprint density at radius 2 is 1.76 bits per heavy atom. The Labute approximate surface area is 144 Å². The number of aliphatic imine (C=N–C) groups is 1. The van der Waals surface area contributed by atoms with Crippen molar-refractivity contribution in [1.29, 1.82) is 0 Å². The first kappa shape index (κ1) is 19.7. The predicted molar refractivity (Wildman–Crippen MR) is 98.1 cm³/mol. The average Bonchev–Trinajstić information content (AvgIpc) is 2.34. The Kier molecular flexibility index (Phi) is 7.70. The van der Waals surface area contributed by atoms with Crippen LogP contribution < -0.4 is 11.1 Å².